The van der Waals surface area contributed by atoms with Crippen molar-refractivity contribution in [3.63, 3.8) is 0 Å². The number of nitrogens with zero attached hydrogens (tertiary/aromatic N) is 3. The number of H-pyrrole nitrogens is 1. The second-order valence-electron chi connectivity index (χ2n) is 6.85. The molecule has 29 heavy (non-hydrogen) atoms. The first-order valence-corrected chi connectivity index (χ1v) is 9.32. The van der Waals surface area contributed by atoms with E-state index >= 15 is 0 Å². The molecule has 3 aromatic heterocycles. The summed E-state index contributed by atoms with van der Waals surface area (Å²) in [5.74, 6) is -2.18. The lowest BCUT2D eigenvalue weighted by Gasteiger charge is -2.33. The Labute approximate surface area is 169 Å². The van der Waals surface area contributed by atoms with Gasteiger partial charge < -0.3 is 20.5 Å². The molecule has 1 aliphatic rings. The summed E-state index contributed by atoms with van der Waals surface area (Å²) in [6.45, 7) is 4.30. The van der Waals surface area contributed by atoms with Crippen molar-refractivity contribution in [2.24, 2.45) is 0 Å². The van der Waals surface area contributed by atoms with Crippen molar-refractivity contribution in [2.45, 2.75) is 18.8 Å². The van der Waals surface area contributed by atoms with E-state index in [0.717, 1.165) is 6.20 Å². The third-order valence-corrected chi connectivity index (χ3v) is 4.97. The maximum Gasteiger partial charge on any atom is 0.251 e. The Balaban J connectivity index is 1.43. The van der Waals surface area contributed by atoms with Crippen LogP contribution in [0.25, 0.3) is 11.0 Å². The predicted octanol–water partition coefficient (Wildman–Crippen LogP) is 4.98. The summed E-state index contributed by atoms with van der Waals surface area (Å²) >= 11 is 6.32. The largest absolute Gasteiger partial charge is 0.355 e. The number of hydrogen-bond acceptors (Lipinski definition) is 5. The SMILES string of the molecule is C=C(Nc1cnc(N2CCC(F)(F)CC2)c(Cl)c1)Nc1c[nH]c2ncc(F)cc12. The Hall–Kier alpha value is -2.94. The summed E-state index contributed by atoms with van der Waals surface area (Å²) in [5.41, 5.74) is 1.72. The summed E-state index contributed by atoms with van der Waals surface area (Å²) in [5, 5.41) is 7.00. The van der Waals surface area contributed by atoms with Crippen molar-refractivity contribution < 1.29 is 13.2 Å². The molecule has 1 fully saturated rings. The molecule has 6 nitrogen and oxygen atoms in total. The Morgan fingerprint density at radius 1 is 1.17 bits per heavy atom. The molecule has 0 radical (unpaired) electrons. The Morgan fingerprint density at radius 3 is 2.66 bits per heavy atom. The van der Waals surface area contributed by atoms with Gasteiger partial charge >= 0.3 is 0 Å². The molecule has 0 bridgehead atoms. The van der Waals surface area contributed by atoms with Gasteiger partial charge in [0.25, 0.3) is 5.92 Å². The first-order valence-electron chi connectivity index (χ1n) is 8.95. The van der Waals surface area contributed by atoms with E-state index < -0.39 is 11.7 Å². The maximum atomic E-state index is 13.4. The fourth-order valence-electron chi connectivity index (χ4n) is 3.23. The van der Waals surface area contributed by atoms with Gasteiger partial charge in [0.2, 0.25) is 0 Å². The van der Waals surface area contributed by atoms with Gasteiger partial charge in [-0.1, -0.05) is 18.2 Å². The van der Waals surface area contributed by atoms with Gasteiger partial charge in [0.15, 0.2) is 0 Å². The van der Waals surface area contributed by atoms with Crippen LogP contribution >= 0.6 is 11.6 Å². The molecule has 4 rings (SSSR count). The van der Waals surface area contributed by atoms with Crippen molar-refractivity contribution in [1.29, 1.82) is 0 Å². The van der Waals surface area contributed by atoms with Crippen LogP contribution in [0.1, 0.15) is 12.8 Å². The molecule has 0 aliphatic carbocycles. The Morgan fingerprint density at radius 2 is 1.93 bits per heavy atom. The molecule has 3 aromatic rings. The molecule has 0 aromatic carbocycles. The summed E-state index contributed by atoms with van der Waals surface area (Å²) in [6, 6.07) is 3.02. The fourth-order valence-corrected chi connectivity index (χ4v) is 3.51. The number of rotatable bonds is 5. The summed E-state index contributed by atoms with van der Waals surface area (Å²) in [4.78, 5) is 13.0. The lowest BCUT2D eigenvalue weighted by atomic mass is 10.1. The van der Waals surface area contributed by atoms with Crippen LogP contribution in [0.2, 0.25) is 5.02 Å². The van der Waals surface area contributed by atoms with Gasteiger partial charge in [-0.15, -0.1) is 0 Å². The fraction of sp³-hybridized carbons (Fsp3) is 0.263. The van der Waals surface area contributed by atoms with Crippen molar-refractivity contribution in [1.82, 2.24) is 15.0 Å². The molecule has 3 N–H and O–H groups in total. The van der Waals surface area contributed by atoms with Crippen molar-refractivity contribution in [3.8, 4) is 0 Å². The maximum absolute atomic E-state index is 13.4. The highest BCUT2D eigenvalue weighted by molar-refractivity contribution is 6.33. The van der Waals surface area contributed by atoms with E-state index in [1.807, 2.05) is 0 Å². The van der Waals surface area contributed by atoms with E-state index in [4.69, 9.17) is 11.6 Å². The summed E-state index contributed by atoms with van der Waals surface area (Å²) < 4.78 is 40.1. The van der Waals surface area contributed by atoms with Crippen molar-refractivity contribution in [3.05, 3.63) is 54.0 Å². The van der Waals surface area contributed by atoms with Crippen molar-refractivity contribution in [2.75, 3.05) is 28.6 Å². The normalized spacial score (nSPS) is 16.1. The summed E-state index contributed by atoms with van der Waals surface area (Å²) in [7, 11) is 0. The number of fused-ring (bicyclic) bond motifs is 1. The Kier molecular flexibility index (Phi) is 4.99. The van der Waals surface area contributed by atoms with Gasteiger partial charge in [-0.25, -0.2) is 23.1 Å². The number of aromatic nitrogens is 3. The molecular weight excluding hydrogens is 405 g/mol. The Bertz CT molecular complexity index is 1060. The topological polar surface area (TPSA) is 68.9 Å². The number of aromatic amines is 1. The predicted molar refractivity (Wildman–Crippen MR) is 108 cm³/mol. The monoisotopic (exact) mass is 422 g/mol. The van der Waals surface area contributed by atoms with E-state index in [9.17, 15) is 13.2 Å². The highest BCUT2D eigenvalue weighted by Crippen LogP contribution is 2.33. The van der Waals surface area contributed by atoms with Gasteiger partial charge in [0.1, 0.15) is 23.1 Å². The van der Waals surface area contributed by atoms with Crippen LogP contribution in [-0.2, 0) is 0 Å². The molecule has 152 valence electrons. The third-order valence-electron chi connectivity index (χ3n) is 4.69. The van der Waals surface area contributed by atoms with E-state index in [2.05, 4.69) is 32.2 Å². The van der Waals surface area contributed by atoms with E-state index in [1.54, 1.807) is 23.4 Å². The zero-order valence-corrected chi connectivity index (χ0v) is 16.0. The average Bonchev–Trinajstić information content (AvgIpc) is 3.04. The number of anilines is 3. The zero-order valence-electron chi connectivity index (χ0n) is 15.3. The number of pyridine rings is 2. The summed E-state index contributed by atoms with van der Waals surface area (Å²) in [6.07, 6.45) is 3.91. The van der Waals surface area contributed by atoms with Crippen LogP contribution in [0.4, 0.5) is 30.4 Å². The second-order valence-corrected chi connectivity index (χ2v) is 7.26. The molecule has 0 unspecified atom stereocenters. The quantitative estimate of drug-likeness (QED) is 0.541. The first-order chi connectivity index (χ1) is 13.8. The van der Waals surface area contributed by atoms with Crippen LogP contribution < -0.4 is 15.5 Å². The molecule has 10 heteroatoms. The minimum Gasteiger partial charge on any atom is -0.355 e. The van der Waals surface area contributed by atoms with Crippen LogP contribution in [0.3, 0.4) is 0 Å². The smallest absolute Gasteiger partial charge is 0.251 e. The third kappa shape index (κ3) is 4.24. The van der Waals surface area contributed by atoms with Crippen molar-refractivity contribution >= 4 is 39.8 Å². The molecule has 4 heterocycles. The van der Waals surface area contributed by atoms with E-state index in [1.165, 1.54) is 6.07 Å². The van der Waals surface area contributed by atoms with E-state index in [-0.39, 0.29) is 25.9 Å². The van der Waals surface area contributed by atoms with Gasteiger partial charge in [-0.2, -0.15) is 0 Å². The van der Waals surface area contributed by atoms with Gasteiger partial charge in [-0.3, -0.25) is 0 Å². The molecule has 0 atom stereocenters. The van der Waals surface area contributed by atoms with E-state index in [0.29, 0.717) is 39.1 Å². The zero-order chi connectivity index (χ0) is 20.6. The highest BCUT2D eigenvalue weighted by atomic mass is 35.5. The average molecular weight is 423 g/mol. The minimum atomic E-state index is -2.63. The lowest BCUT2D eigenvalue weighted by Crippen LogP contribution is -2.39. The van der Waals surface area contributed by atoms with Crippen LogP contribution in [0.15, 0.2) is 43.1 Å². The number of hydrogen-bond donors (Lipinski definition) is 3. The lowest BCUT2D eigenvalue weighted by molar-refractivity contribution is -0.0221. The molecule has 1 aliphatic heterocycles. The standard InChI is InChI=1S/C19H18ClF3N6/c1-11(28-16-10-25-17-14(16)6-12(21)8-24-17)27-13-7-15(20)18(26-9-13)29-4-2-19(22,23)3-5-29/h6-10,27-28H,1-5H2,(H,24,25). The van der Waals surface area contributed by atoms with Crippen LogP contribution in [0.5, 0.6) is 0 Å². The number of halogens is 4. The molecular formula is C19H18ClF3N6. The number of piperidine rings is 1. The number of alkyl halides is 2. The minimum absolute atomic E-state index is 0.200. The first kappa shape index (κ1) is 19.4. The number of nitrogens with one attached hydrogen (secondary N) is 3. The molecule has 0 saturated carbocycles. The molecule has 0 amide bonds. The van der Waals surface area contributed by atoms with Gasteiger partial charge in [-0.05, 0) is 12.1 Å². The highest BCUT2D eigenvalue weighted by Gasteiger charge is 2.34. The molecule has 0 spiro atoms. The van der Waals surface area contributed by atoms with Gasteiger partial charge in [0.05, 0.1) is 28.8 Å². The van der Waals surface area contributed by atoms with Crippen LogP contribution in [0, 0.1) is 5.82 Å². The second kappa shape index (κ2) is 7.47. The van der Waals surface area contributed by atoms with Gasteiger partial charge in [0, 0.05) is 37.5 Å². The van der Waals surface area contributed by atoms with Crippen LogP contribution in [-0.4, -0.2) is 34.0 Å². The molecule has 1 saturated heterocycles.